The molecule has 6 heteroatoms. The van der Waals surface area contributed by atoms with Crippen LogP contribution in [0.1, 0.15) is 67.9 Å². The van der Waals surface area contributed by atoms with E-state index in [2.05, 4.69) is 54.5 Å². The van der Waals surface area contributed by atoms with Crippen molar-refractivity contribution in [1.82, 2.24) is 29.3 Å². The zero-order valence-corrected chi connectivity index (χ0v) is 16.9. The smallest absolute Gasteiger partial charge is 0.155 e. The monoisotopic (exact) mass is 364 g/mol. The molecular formula is C21H28N6. The van der Waals surface area contributed by atoms with E-state index < -0.39 is 0 Å². The molecule has 2 aliphatic rings. The van der Waals surface area contributed by atoms with Gasteiger partial charge < -0.3 is 0 Å². The molecule has 0 N–H and O–H groups in total. The lowest BCUT2D eigenvalue weighted by molar-refractivity contribution is 0.164. The van der Waals surface area contributed by atoms with Crippen molar-refractivity contribution >= 4 is 5.65 Å². The number of rotatable bonds is 2. The summed E-state index contributed by atoms with van der Waals surface area (Å²) in [6.07, 6.45) is 7.63. The van der Waals surface area contributed by atoms with Gasteiger partial charge in [-0.2, -0.15) is 10.2 Å². The molecule has 2 atom stereocenters. The molecule has 2 bridgehead atoms. The van der Waals surface area contributed by atoms with E-state index in [0.29, 0.717) is 12.1 Å². The van der Waals surface area contributed by atoms with Crippen molar-refractivity contribution in [3.8, 4) is 0 Å². The molecule has 142 valence electrons. The lowest BCUT2D eigenvalue weighted by Gasteiger charge is -2.36. The van der Waals surface area contributed by atoms with Gasteiger partial charge in [-0.25, -0.2) is 9.50 Å². The van der Waals surface area contributed by atoms with E-state index in [4.69, 9.17) is 10.1 Å². The third kappa shape index (κ3) is 2.53. The van der Waals surface area contributed by atoms with Gasteiger partial charge in [0, 0.05) is 66.6 Å². The average Bonchev–Trinajstić information content (AvgIpc) is 3.26. The second kappa shape index (κ2) is 5.64. The van der Waals surface area contributed by atoms with E-state index in [1.807, 2.05) is 17.9 Å². The van der Waals surface area contributed by atoms with Gasteiger partial charge in [0.25, 0.3) is 0 Å². The molecule has 2 aliphatic heterocycles. The van der Waals surface area contributed by atoms with Crippen LogP contribution in [0.5, 0.6) is 0 Å². The van der Waals surface area contributed by atoms with E-state index in [1.54, 1.807) is 0 Å². The van der Waals surface area contributed by atoms with Gasteiger partial charge >= 0.3 is 0 Å². The van der Waals surface area contributed by atoms with Crippen LogP contribution in [0, 0.1) is 6.92 Å². The maximum atomic E-state index is 4.94. The molecule has 1 saturated heterocycles. The van der Waals surface area contributed by atoms with Gasteiger partial charge in [0.05, 0.1) is 17.6 Å². The fraction of sp³-hybridized carbons (Fsp3) is 0.571. The molecule has 0 saturated carbocycles. The summed E-state index contributed by atoms with van der Waals surface area (Å²) in [7, 11) is 2.02. The normalized spacial score (nSPS) is 22.6. The molecule has 0 unspecified atom stereocenters. The molecule has 0 aliphatic carbocycles. The minimum absolute atomic E-state index is 0.0398. The summed E-state index contributed by atoms with van der Waals surface area (Å²) in [5.74, 6) is 0. The van der Waals surface area contributed by atoms with E-state index in [9.17, 15) is 0 Å². The predicted octanol–water partition coefficient (Wildman–Crippen LogP) is 3.33. The van der Waals surface area contributed by atoms with Crippen LogP contribution in [-0.4, -0.2) is 35.3 Å². The van der Waals surface area contributed by atoms with Crippen LogP contribution in [0.15, 0.2) is 18.5 Å². The number of fused-ring (bicyclic) bond motifs is 6. The van der Waals surface area contributed by atoms with Gasteiger partial charge in [-0.1, -0.05) is 20.8 Å². The highest BCUT2D eigenvalue weighted by molar-refractivity contribution is 5.45. The number of aryl methyl sites for hydroxylation is 1. The highest BCUT2D eigenvalue weighted by atomic mass is 15.3. The molecule has 0 spiro atoms. The summed E-state index contributed by atoms with van der Waals surface area (Å²) in [6, 6.07) is 3.17. The van der Waals surface area contributed by atoms with Crippen LogP contribution < -0.4 is 0 Å². The van der Waals surface area contributed by atoms with Crippen molar-refractivity contribution in [2.24, 2.45) is 7.05 Å². The molecule has 6 nitrogen and oxygen atoms in total. The Hall–Kier alpha value is -2.21. The second-order valence-corrected chi connectivity index (χ2v) is 9.21. The molecule has 3 aromatic heterocycles. The molecule has 3 aromatic rings. The lowest BCUT2D eigenvalue weighted by atomic mass is 9.93. The Morgan fingerprint density at radius 2 is 2.00 bits per heavy atom. The molecule has 0 radical (unpaired) electrons. The molecule has 0 aromatic carbocycles. The van der Waals surface area contributed by atoms with Crippen LogP contribution in [0.3, 0.4) is 0 Å². The van der Waals surface area contributed by atoms with Crippen LogP contribution in [0.2, 0.25) is 0 Å². The van der Waals surface area contributed by atoms with Gasteiger partial charge in [0.15, 0.2) is 5.65 Å². The quantitative estimate of drug-likeness (QED) is 0.700. The minimum Gasteiger partial charge on any atom is -0.288 e. The van der Waals surface area contributed by atoms with E-state index >= 15 is 0 Å². The fourth-order valence-corrected chi connectivity index (χ4v) is 4.69. The van der Waals surface area contributed by atoms with Crippen molar-refractivity contribution in [2.45, 2.75) is 71.0 Å². The first-order valence-corrected chi connectivity index (χ1v) is 9.94. The number of hydrogen-bond acceptors (Lipinski definition) is 4. The molecule has 5 rings (SSSR count). The summed E-state index contributed by atoms with van der Waals surface area (Å²) < 4.78 is 4.09. The Kier molecular flexibility index (Phi) is 3.54. The standard InChI is InChI=1S/C21H28N6/c1-13-14(10-23-25(13)5)12-26-15-6-7-17(26)16-11-22-20-9-19(21(2,3)4)24-27(20)18(16)8-15/h9-11,15,17H,6-8,12H2,1-5H3/t15-,17-/m1/s1. The van der Waals surface area contributed by atoms with Gasteiger partial charge in [-0.05, 0) is 19.8 Å². The third-order valence-electron chi connectivity index (χ3n) is 6.50. The molecular weight excluding hydrogens is 336 g/mol. The average molecular weight is 364 g/mol. The highest BCUT2D eigenvalue weighted by Crippen LogP contribution is 2.44. The van der Waals surface area contributed by atoms with E-state index in [-0.39, 0.29) is 5.41 Å². The topological polar surface area (TPSA) is 51.3 Å². The first kappa shape index (κ1) is 16.9. The largest absolute Gasteiger partial charge is 0.288 e. The zero-order chi connectivity index (χ0) is 18.9. The van der Waals surface area contributed by atoms with Crippen LogP contribution in [0.25, 0.3) is 5.65 Å². The Morgan fingerprint density at radius 1 is 1.19 bits per heavy atom. The highest BCUT2D eigenvalue weighted by Gasteiger charge is 2.41. The maximum Gasteiger partial charge on any atom is 0.155 e. The van der Waals surface area contributed by atoms with Crippen molar-refractivity contribution in [2.75, 3.05) is 0 Å². The molecule has 27 heavy (non-hydrogen) atoms. The summed E-state index contributed by atoms with van der Waals surface area (Å²) in [4.78, 5) is 7.43. The van der Waals surface area contributed by atoms with Gasteiger partial charge in [0.2, 0.25) is 0 Å². The number of aromatic nitrogens is 5. The Labute approximate surface area is 160 Å². The summed E-state index contributed by atoms with van der Waals surface area (Å²) in [6.45, 7) is 9.76. The van der Waals surface area contributed by atoms with Crippen molar-refractivity contribution in [3.05, 3.63) is 46.7 Å². The van der Waals surface area contributed by atoms with Crippen molar-refractivity contribution in [1.29, 1.82) is 0 Å². The van der Waals surface area contributed by atoms with Crippen LogP contribution >= 0.6 is 0 Å². The van der Waals surface area contributed by atoms with Gasteiger partial charge in [0.1, 0.15) is 0 Å². The van der Waals surface area contributed by atoms with E-state index in [1.165, 1.54) is 35.4 Å². The van der Waals surface area contributed by atoms with Gasteiger partial charge in [-0.3, -0.25) is 9.58 Å². The molecule has 1 fully saturated rings. The SMILES string of the molecule is Cc1c(CN2[C@@H]3CC[C@@H]2c2cnc4cc(C(C)(C)C)nn4c2C3)cnn1C. The predicted molar refractivity (Wildman–Crippen MR) is 105 cm³/mol. The van der Waals surface area contributed by atoms with Crippen molar-refractivity contribution < 1.29 is 0 Å². The minimum atomic E-state index is 0.0398. The summed E-state index contributed by atoms with van der Waals surface area (Å²) in [5, 5.41) is 9.37. The number of hydrogen-bond donors (Lipinski definition) is 0. The van der Waals surface area contributed by atoms with E-state index in [0.717, 1.165) is 24.3 Å². The Morgan fingerprint density at radius 3 is 2.70 bits per heavy atom. The third-order valence-corrected chi connectivity index (χ3v) is 6.50. The summed E-state index contributed by atoms with van der Waals surface area (Å²) in [5.41, 5.74) is 7.46. The molecule has 0 amide bonds. The first-order chi connectivity index (χ1) is 12.8. The summed E-state index contributed by atoms with van der Waals surface area (Å²) >= 11 is 0. The maximum absolute atomic E-state index is 4.94. The van der Waals surface area contributed by atoms with Gasteiger partial charge in [-0.15, -0.1) is 0 Å². The lowest BCUT2D eigenvalue weighted by Crippen LogP contribution is -2.38. The number of nitrogens with zero attached hydrogens (tertiary/aromatic N) is 6. The van der Waals surface area contributed by atoms with Crippen LogP contribution in [0.4, 0.5) is 0 Å². The first-order valence-electron chi connectivity index (χ1n) is 9.94. The Bertz CT molecular complexity index is 1020. The zero-order valence-electron chi connectivity index (χ0n) is 16.9. The Balaban J connectivity index is 1.54. The van der Waals surface area contributed by atoms with Crippen molar-refractivity contribution in [3.63, 3.8) is 0 Å². The fourth-order valence-electron chi connectivity index (χ4n) is 4.69. The second-order valence-electron chi connectivity index (χ2n) is 9.21. The molecule has 5 heterocycles. The van der Waals surface area contributed by atoms with Crippen LogP contribution in [-0.2, 0) is 25.4 Å².